The number of hydrogen-bond acceptors (Lipinski definition) is 7. The number of benzene rings is 1. The van der Waals surface area contributed by atoms with Gasteiger partial charge in [-0.1, -0.05) is 23.2 Å². The first kappa shape index (κ1) is 22.9. The lowest BCUT2D eigenvalue weighted by Crippen LogP contribution is -2.56. The Kier molecular flexibility index (Phi) is 7.83. The number of halogens is 2. The van der Waals surface area contributed by atoms with Crippen molar-refractivity contribution in [3.05, 3.63) is 28.2 Å². The van der Waals surface area contributed by atoms with E-state index in [-0.39, 0.29) is 30.3 Å². The van der Waals surface area contributed by atoms with Crippen LogP contribution in [0.4, 0.5) is 0 Å². The minimum absolute atomic E-state index is 0.0917. The molecule has 0 aliphatic carbocycles. The number of hydroxylamine groups is 2. The van der Waals surface area contributed by atoms with Crippen LogP contribution in [0, 0.1) is 0 Å². The third kappa shape index (κ3) is 6.88. The van der Waals surface area contributed by atoms with Gasteiger partial charge in [-0.2, -0.15) is 10.1 Å². The summed E-state index contributed by atoms with van der Waals surface area (Å²) in [6.45, 7) is 6.87. The molecule has 0 fully saturated rings. The monoisotopic (exact) mass is 443 g/mol. The molecular formula is C18H23Cl2N5O4. The summed E-state index contributed by atoms with van der Waals surface area (Å²) in [5.74, 6) is 0.169. The van der Waals surface area contributed by atoms with Gasteiger partial charge in [-0.05, 0) is 26.0 Å². The topological polar surface area (TPSA) is 105 Å². The highest BCUT2D eigenvalue weighted by Gasteiger charge is 2.35. The van der Waals surface area contributed by atoms with E-state index in [0.717, 1.165) is 0 Å². The van der Waals surface area contributed by atoms with Gasteiger partial charge in [-0.3, -0.25) is 25.1 Å². The normalized spacial score (nSPS) is 15.3. The van der Waals surface area contributed by atoms with Crippen molar-refractivity contribution in [3.8, 4) is 5.75 Å². The van der Waals surface area contributed by atoms with Gasteiger partial charge in [-0.15, -0.1) is 0 Å². The maximum Gasteiger partial charge on any atom is 0.235 e. The molecule has 2 N–H and O–H groups in total. The zero-order valence-corrected chi connectivity index (χ0v) is 18.1. The van der Waals surface area contributed by atoms with Crippen molar-refractivity contribution < 1.29 is 19.2 Å². The summed E-state index contributed by atoms with van der Waals surface area (Å²) in [4.78, 5) is 37.1. The molecule has 1 aliphatic heterocycles. The quantitative estimate of drug-likeness (QED) is 0.657. The van der Waals surface area contributed by atoms with Gasteiger partial charge in [0.15, 0.2) is 5.66 Å². The molecule has 0 saturated carbocycles. The van der Waals surface area contributed by atoms with Gasteiger partial charge >= 0.3 is 0 Å². The van der Waals surface area contributed by atoms with Crippen LogP contribution < -0.4 is 15.4 Å². The fraction of sp³-hybridized carbons (Fsp3) is 0.444. The summed E-state index contributed by atoms with van der Waals surface area (Å²) in [5.41, 5.74) is -0.915. The molecule has 2 amide bonds. The third-order valence-electron chi connectivity index (χ3n) is 3.53. The maximum absolute atomic E-state index is 11.5. The Bertz CT molecular complexity index is 842. The molecule has 1 aliphatic rings. The number of guanidine groups is 2. The molecule has 2 rings (SSSR count). The zero-order chi connectivity index (χ0) is 21.6. The molecular weight excluding hydrogens is 421 g/mol. The first-order chi connectivity index (χ1) is 13.6. The number of carbonyl (C=O) groups excluding carboxylic acids is 2. The standard InChI is InChI=1S/C18H23Cl2N5O4/c1-11(26)21-16-23-17(22-12(2)27)25(18(3,4)24-16)29-9-5-8-28-13-6-7-14(19)15(20)10-13/h6-7,10H,5,8-9H2,1-4H3,(H2,21,22,23,24,26,27). The van der Waals surface area contributed by atoms with E-state index in [1.165, 1.54) is 18.9 Å². The second-order valence-electron chi connectivity index (χ2n) is 6.63. The van der Waals surface area contributed by atoms with Crippen LogP contribution in [0.2, 0.25) is 10.0 Å². The lowest BCUT2D eigenvalue weighted by molar-refractivity contribution is -0.161. The average molecular weight is 444 g/mol. The average Bonchev–Trinajstić information content (AvgIpc) is 2.58. The second kappa shape index (κ2) is 9.91. The zero-order valence-electron chi connectivity index (χ0n) is 16.6. The van der Waals surface area contributed by atoms with E-state index in [1.54, 1.807) is 32.0 Å². The number of nitrogens with one attached hydrogen (secondary N) is 2. The molecule has 0 bridgehead atoms. The Morgan fingerprint density at radius 3 is 2.41 bits per heavy atom. The van der Waals surface area contributed by atoms with Gasteiger partial charge in [0.05, 0.1) is 23.3 Å². The molecule has 0 radical (unpaired) electrons. The summed E-state index contributed by atoms with van der Waals surface area (Å²) >= 11 is 11.8. The van der Waals surface area contributed by atoms with Crippen molar-refractivity contribution in [1.82, 2.24) is 15.7 Å². The number of nitrogens with zero attached hydrogens (tertiary/aromatic N) is 3. The fourth-order valence-corrected chi connectivity index (χ4v) is 2.66. The van der Waals surface area contributed by atoms with Gasteiger partial charge in [0.1, 0.15) is 5.75 Å². The molecule has 158 valence electrons. The molecule has 0 unspecified atom stereocenters. The van der Waals surface area contributed by atoms with Gasteiger partial charge in [0, 0.05) is 26.3 Å². The Balaban J connectivity index is 1.95. The molecule has 29 heavy (non-hydrogen) atoms. The number of rotatable bonds is 6. The number of hydrogen-bond donors (Lipinski definition) is 2. The first-order valence-corrected chi connectivity index (χ1v) is 9.59. The van der Waals surface area contributed by atoms with Crippen molar-refractivity contribution in [2.24, 2.45) is 9.98 Å². The fourth-order valence-electron chi connectivity index (χ4n) is 2.37. The molecule has 0 aromatic heterocycles. The van der Waals surface area contributed by atoms with E-state index in [2.05, 4.69) is 20.6 Å². The van der Waals surface area contributed by atoms with Crippen molar-refractivity contribution in [1.29, 1.82) is 0 Å². The van der Waals surface area contributed by atoms with Crippen molar-refractivity contribution in [3.63, 3.8) is 0 Å². The Morgan fingerprint density at radius 2 is 1.79 bits per heavy atom. The molecule has 1 heterocycles. The van der Waals surface area contributed by atoms with E-state index in [4.69, 9.17) is 32.8 Å². The molecule has 1 aromatic rings. The SMILES string of the molecule is CC(=O)NC1=NC(C)(C)N(OCCCOc2ccc(Cl)c(Cl)c2)C(NC(C)=O)=N1. The van der Waals surface area contributed by atoms with Crippen LogP contribution in [0.3, 0.4) is 0 Å². The highest BCUT2D eigenvalue weighted by atomic mass is 35.5. The maximum atomic E-state index is 11.5. The first-order valence-electron chi connectivity index (χ1n) is 8.83. The summed E-state index contributed by atoms with van der Waals surface area (Å²) in [6, 6.07) is 5.02. The Labute approximate surface area is 179 Å². The minimum atomic E-state index is -0.915. The van der Waals surface area contributed by atoms with Gasteiger partial charge in [0.25, 0.3) is 0 Å². The lowest BCUT2D eigenvalue weighted by Gasteiger charge is -2.38. The van der Waals surface area contributed by atoms with Crippen LogP contribution in [-0.2, 0) is 14.4 Å². The molecule has 1 aromatic carbocycles. The molecule has 0 spiro atoms. The van der Waals surface area contributed by atoms with Crippen molar-refractivity contribution in [2.45, 2.75) is 39.8 Å². The van der Waals surface area contributed by atoms with Gasteiger partial charge in [0.2, 0.25) is 23.7 Å². The van der Waals surface area contributed by atoms with Gasteiger partial charge < -0.3 is 4.74 Å². The number of aliphatic imine (C=N–C) groups is 2. The highest BCUT2D eigenvalue weighted by Crippen LogP contribution is 2.26. The summed E-state index contributed by atoms with van der Waals surface area (Å²) < 4.78 is 5.62. The lowest BCUT2D eigenvalue weighted by atomic mass is 10.2. The van der Waals surface area contributed by atoms with E-state index in [1.807, 2.05) is 0 Å². The molecule has 9 nitrogen and oxygen atoms in total. The van der Waals surface area contributed by atoms with Gasteiger partial charge in [-0.25, -0.2) is 4.99 Å². The predicted octanol–water partition coefficient (Wildman–Crippen LogP) is 2.73. The number of ether oxygens (including phenoxy) is 1. The smallest absolute Gasteiger partial charge is 0.235 e. The van der Waals surface area contributed by atoms with Crippen LogP contribution >= 0.6 is 23.2 Å². The van der Waals surface area contributed by atoms with E-state index < -0.39 is 5.66 Å². The molecule has 0 atom stereocenters. The number of amides is 2. The highest BCUT2D eigenvalue weighted by molar-refractivity contribution is 6.42. The summed E-state index contributed by atoms with van der Waals surface area (Å²) in [7, 11) is 0. The Hall–Kier alpha value is -2.36. The van der Waals surface area contributed by atoms with Crippen LogP contribution in [0.25, 0.3) is 0 Å². The number of carbonyl (C=O) groups is 2. The third-order valence-corrected chi connectivity index (χ3v) is 4.26. The Morgan fingerprint density at radius 1 is 1.10 bits per heavy atom. The second-order valence-corrected chi connectivity index (χ2v) is 7.45. The van der Waals surface area contributed by atoms with Crippen molar-refractivity contribution >= 4 is 46.9 Å². The van der Waals surface area contributed by atoms with Crippen LogP contribution in [0.5, 0.6) is 5.75 Å². The summed E-state index contributed by atoms with van der Waals surface area (Å²) in [5, 5.41) is 7.37. The van der Waals surface area contributed by atoms with E-state index in [9.17, 15) is 9.59 Å². The van der Waals surface area contributed by atoms with Crippen LogP contribution in [0.1, 0.15) is 34.1 Å². The van der Waals surface area contributed by atoms with Crippen molar-refractivity contribution in [2.75, 3.05) is 13.2 Å². The molecule has 0 saturated heterocycles. The van der Waals surface area contributed by atoms with E-state index >= 15 is 0 Å². The van der Waals surface area contributed by atoms with Crippen LogP contribution in [-0.4, -0.2) is 47.7 Å². The predicted molar refractivity (Wildman–Crippen MR) is 111 cm³/mol. The van der Waals surface area contributed by atoms with Crippen LogP contribution in [0.15, 0.2) is 28.2 Å². The summed E-state index contributed by atoms with van der Waals surface area (Å²) in [6.07, 6.45) is 0.544. The largest absolute Gasteiger partial charge is 0.493 e. The minimum Gasteiger partial charge on any atom is -0.493 e. The van der Waals surface area contributed by atoms with E-state index in [0.29, 0.717) is 28.8 Å². The molecule has 11 heteroatoms.